The first-order chi connectivity index (χ1) is 14.4. The number of rotatable bonds is 4. The number of sulfonamides is 1. The molecule has 2 aliphatic rings. The number of aryl methyl sites for hydroxylation is 1. The summed E-state index contributed by atoms with van der Waals surface area (Å²) in [5.41, 5.74) is 2.22. The van der Waals surface area contributed by atoms with Gasteiger partial charge in [0, 0.05) is 31.2 Å². The first kappa shape index (κ1) is 20.9. The number of fused-ring (bicyclic) bond motifs is 1. The molecule has 7 heteroatoms. The summed E-state index contributed by atoms with van der Waals surface area (Å²) in [6.45, 7) is 1.83. The van der Waals surface area contributed by atoms with Gasteiger partial charge >= 0.3 is 0 Å². The van der Waals surface area contributed by atoms with Crippen LogP contribution in [0.2, 0.25) is 0 Å². The zero-order valence-electron chi connectivity index (χ0n) is 17.6. The molecule has 1 atom stereocenters. The molecule has 6 nitrogen and oxygen atoms in total. The smallest absolute Gasteiger partial charge is 0.264 e. The third kappa shape index (κ3) is 3.96. The molecule has 1 amide bonds. The standard InChI is InChI=1S/C23H29N3O3S/c1-24(2)20-11-7-14-25(17-20)23(27)19-9-5-12-21(16-19)30(28,29)26-15-6-10-18-8-3-4-13-22(18)26/h3-5,8-9,12-13,16,20H,6-7,10-11,14-15,17H2,1-2H3. The van der Waals surface area contributed by atoms with Gasteiger partial charge in [-0.1, -0.05) is 24.3 Å². The Bertz CT molecular complexity index is 1040. The van der Waals surface area contributed by atoms with Crippen molar-refractivity contribution in [2.45, 2.75) is 36.6 Å². The average Bonchev–Trinajstić information content (AvgIpc) is 2.78. The predicted molar refractivity (Wildman–Crippen MR) is 118 cm³/mol. The molecule has 0 aromatic heterocycles. The minimum Gasteiger partial charge on any atom is -0.337 e. The van der Waals surface area contributed by atoms with Gasteiger partial charge in [0.15, 0.2) is 0 Å². The number of para-hydroxylation sites is 1. The first-order valence-corrected chi connectivity index (χ1v) is 12.0. The molecule has 2 heterocycles. The predicted octanol–water partition coefficient (Wildman–Crippen LogP) is 2.99. The van der Waals surface area contributed by atoms with Crippen LogP contribution in [-0.4, -0.2) is 63.9 Å². The quantitative estimate of drug-likeness (QED) is 0.753. The second-order valence-corrected chi connectivity index (χ2v) is 10.2. The van der Waals surface area contributed by atoms with E-state index in [4.69, 9.17) is 0 Å². The summed E-state index contributed by atoms with van der Waals surface area (Å²) < 4.78 is 28.4. The fourth-order valence-electron chi connectivity index (χ4n) is 4.41. The second-order valence-electron chi connectivity index (χ2n) is 8.35. The third-order valence-electron chi connectivity index (χ3n) is 6.15. The average molecular weight is 428 g/mol. The van der Waals surface area contributed by atoms with E-state index in [1.54, 1.807) is 18.2 Å². The van der Waals surface area contributed by atoms with Crippen LogP contribution in [0.3, 0.4) is 0 Å². The largest absolute Gasteiger partial charge is 0.337 e. The first-order valence-electron chi connectivity index (χ1n) is 10.5. The van der Waals surface area contributed by atoms with Gasteiger partial charge in [-0.15, -0.1) is 0 Å². The lowest BCUT2D eigenvalue weighted by molar-refractivity contribution is 0.0635. The highest BCUT2D eigenvalue weighted by atomic mass is 32.2. The number of likely N-dealkylation sites (tertiary alicyclic amines) is 1. The van der Waals surface area contributed by atoms with Crippen molar-refractivity contribution in [2.75, 3.05) is 38.0 Å². The van der Waals surface area contributed by atoms with Crippen molar-refractivity contribution < 1.29 is 13.2 Å². The SMILES string of the molecule is CN(C)C1CCCN(C(=O)c2cccc(S(=O)(=O)N3CCCc4ccccc43)c2)C1. The van der Waals surface area contributed by atoms with Gasteiger partial charge in [0.05, 0.1) is 10.6 Å². The number of carbonyl (C=O) groups is 1. The monoisotopic (exact) mass is 427 g/mol. The van der Waals surface area contributed by atoms with E-state index in [1.807, 2.05) is 43.3 Å². The van der Waals surface area contributed by atoms with Gasteiger partial charge in [0.1, 0.15) is 0 Å². The fraction of sp³-hybridized carbons (Fsp3) is 0.435. The molecule has 0 spiro atoms. The number of anilines is 1. The zero-order chi connectivity index (χ0) is 21.3. The van der Waals surface area contributed by atoms with E-state index in [0.717, 1.165) is 36.9 Å². The molecule has 1 saturated heterocycles. The summed E-state index contributed by atoms with van der Waals surface area (Å²) >= 11 is 0. The summed E-state index contributed by atoms with van der Waals surface area (Å²) in [5.74, 6) is -0.0994. The normalized spacial score (nSPS) is 19.6. The van der Waals surface area contributed by atoms with Crippen molar-refractivity contribution in [2.24, 2.45) is 0 Å². The maximum Gasteiger partial charge on any atom is 0.264 e. The van der Waals surface area contributed by atoms with Crippen LogP contribution in [0, 0.1) is 0 Å². The molecule has 0 aliphatic carbocycles. The maximum atomic E-state index is 13.4. The van der Waals surface area contributed by atoms with Crippen LogP contribution in [0.15, 0.2) is 53.4 Å². The Hall–Kier alpha value is -2.38. The van der Waals surface area contributed by atoms with Gasteiger partial charge in [-0.25, -0.2) is 8.42 Å². The van der Waals surface area contributed by atoms with Gasteiger partial charge in [0.25, 0.3) is 15.9 Å². The molecule has 1 unspecified atom stereocenters. The fourth-order valence-corrected chi connectivity index (χ4v) is 6.00. The molecule has 1 fully saturated rings. The van der Waals surface area contributed by atoms with E-state index in [0.29, 0.717) is 31.2 Å². The molecule has 2 aromatic rings. The number of amides is 1. The third-order valence-corrected chi connectivity index (χ3v) is 7.96. The highest BCUT2D eigenvalue weighted by Crippen LogP contribution is 2.32. The molecule has 2 aliphatic heterocycles. The lowest BCUT2D eigenvalue weighted by atomic mass is 10.0. The van der Waals surface area contributed by atoms with Gasteiger partial charge in [0.2, 0.25) is 0 Å². The minimum absolute atomic E-state index is 0.0994. The molecule has 4 rings (SSSR count). The highest BCUT2D eigenvalue weighted by molar-refractivity contribution is 7.92. The molecule has 160 valence electrons. The molecular weight excluding hydrogens is 398 g/mol. The summed E-state index contributed by atoms with van der Waals surface area (Å²) in [7, 11) is 0.328. The van der Waals surface area contributed by atoms with Gasteiger partial charge in [-0.2, -0.15) is 0 Å². The summed E-state index contributed by atoms with van der Waals surface area (Å²) in [6, 6.07) is 14.5. The second kappa shape index (κ2) is 8.40. The van der Waals surface area contributed by atoms with Crippen LogP contribution in [0.4, 0.5) is 5.69 Å². The van der Waals surface area contributed by atoms with Crippen molar-refractivity contribution in [3.63, 3.8) is 0 Å². The van der Waals surface area contributed by atoms with E-state index in [2.05, 4.69) is 4.90 Å². The molecule has 0 bridgehead atoms. The Morgan fingerprint density at radius 3 is 2.63 bits per heavy atom. The van der Waals surface area contributed by atoms with Gasteiger partial charge in [-0.3, -0.25) is 9.10 Å². The van der Waals surface area contributed by atoms with Crippen molar-refractivity contribution in [1.82, 2.24) is 9.80 Å². The van der Waals surface area contributed by atoms with Gasteiger partial charge < -0.3 is 9.80 Å². The van der Waals surface area contributed by atoms with Crippen molar-refractivity contribution >= 4 is 21.6 Å². The molecule has 30 heavy (non-hydrogen) atoms. The Morgan fingerprint density at radius 1 is 1.03 bits per heavy atom. The Labute approximate surface area is 179 Å². The van der Waals surface area contributed by atoms with Crippen LogP contribution < -0.4 is 4.31 Å². The van der Waals surface area contributed by atoms with Crippen LogP contribution in [-0.2, 0) is 16.4 Å². The number of likely N-dealkylation sites (N-methyl/N-ethyl adjacent to an activating group) is 1. The van der Waals surface area contributed by atoms with E-state index in [-0.39, 0.29) is 10.8 Å². The van der Waals surface area contributed by atoms with Crippen molar-refractivity contribution in [1.29, 1.82) is 0 Å². The lowest BCUT2D eigenvalue weighted by Gasteiger charge is -2.36. The Morgan fingerprint density at radius 2 is 1.83 bits per heavy atom. The number of benzene rings is 2. The number of hydrogen-bond donors (Lipinski definition) is 0. The van der Waals surface area contributed by atoms with E-state index >= 15 is 0 Å². The summed E-state index contributed by atoms with van der Waals surface area (Å²) in [4.78, 5) is 17.3. The van der Waals surface area contributed by atoms with Crippen molar-refractivity contribution in [3.05, 3.63) is 59.7 Å². The van der Waals surface area contributed by atoms with E-state index in [1.165, 1.54) is 10.4 Å². The lowest BCUT2D eigenvalue weighted by Crippen LogP contribution is -2.47. The van der Waals surface area contributed by atoms with Crippen molar-refractivity contribution in [3.8, 4) is 0 Å². The number of piperidine rings is 1. The molecule has 0 saturated carbocycles. The van der Waals surface area contributed by atoms with Crippen LogP contribution in [0.5, 0.6) is 0 Å². The molecular formula is C23H29N3O3S. The Balaban J connectivity index is 1.61. The molecule has 0 N–H and O–H groups in total. The number of nitrogens with zero attached hydrogens (tertiary/aromatic N) is 3. The van der Waals surface area contributed by atoms with Crippen LogP contribution in [0.1, 0.15) is 35.2 Å². The van der Waals surface area contributed by atoms with E-state index in [9.17, 15) is 13.2 Å². The zero-order valence-corrected chi connectivity index (χ0v) is 18.4. The Kier molecular flexibility index (Phi) is 5.84. The van der Waals surface area contributed by atoms with Crippen LogP contribution in [0.25, 0.3) is 0 Å². The van der Waals surface area contributed by atoms with Gasteiger partial charge in [-0.05, 0) is 69.6 Å². The minimum atomic E-state index is -3.73. The number of carbonyl (C=O) groups excluding carboxylic acids is 1. The highest BCUT2D eigenvalue weighted by Gasteiger charge is 2.30. The molecule has 2 aromatic carbocycles. The molecule has 0 radical (unpaired) electrons. The van der Waals surface area contributed by atoms with Crippen LogP contribution >= 0.6 is 0 Å². The maximum absolute atomic E-state index is 13.4. The van der Waals surface area contributed by atoms with E-state index < -0.39 is 10.0 Å². The summed E-state index contributed by atoms with van der Waals surface area (Å²) in [6.07, 6.45) is 3.69. The summed E-state index contributed by atoms with van der Waals surface area (Å²) in [5, 5.41) is 0. The topological polar surface area (TPSA) is 60.9 Å². The number of hydrogen-bond acceptors (Lipinski definition) is 4.